The Balaban J connectivity index is 3.02. The summed E-state index contributed by atoms with van der Waals surface area (Å²) in [6.07, 6.45) is -0.721. The smallest absolute Gasteiger partial charge is 0.127 e. The zero-order chi connectivity index (χ0) is 10.7. The number of aliphatic hydroxyl groups is 1. The SMILES string of the molecule is COc1cc(F)cc([C@@H](N)[C@H](C)O)c1. The summed E-state index contributed by atoms with van der Waals surface area (Å²) in [6, 6.07) is 3.57. The second kappa shape index (κ2) is 4.39. The third-order valence-electron chi connectivity index (χ3n) is 2.03. The molecule has 3 N–H and O–H groups in total. The van der Waals surface area contributed by atoms with Crippen molar-refractivity contribution in [1.29, 1.82) is 0 Å². The maximum atomic E-state index is 13.0. The molecule has 14 heavy (non-hydrogen) atoms. The van der Waals surface area contributed by atoms with Gasteiger partial charge in [-0.15, -0.1) is 0 Å². The second-order valence-corrected chi connectivity index (χ2v) is 3.19. The van der Waals surface area contributed by atoms with Gasteiger partial charge in [-0.3, -0.25) is 0 Å². The summed E-state index contributed by atoms with van der Waals surface area (Å²) < 4.78 is 17.9. The highest BCUT2D eigenvalue weighted by molar-refractivity contribution is 5.31. The van der Waals surface area contributed by atoms with Crippen LogP contribution in [-0.2, 0) is 0 Å². The van der Waals surface area contributed by atoms with Crippen LogP contribution in [0.2, 0.25) is 0 Å². The first-order chi connectivity index (χ1) is 6.54. The highest BCUT2D eigenvalue weighted by Gasteiger charge is 2.13. The molecule has 1 aromatic carbocycles. The minimum absolute atomic E-state index is 0.399. The van der Waals surface area contributed by atoms with Gasteiger partial charge in [0.05, 0.1) is 19.3 Å². The number of rotatable bonds is 3. The molecular formula is C10H14FNO2. The van der Waals surface area contributed by atoms with Crippen molar-refractivity contribution in [3.63, 3.8) is 0 Å². The third-order valence-corrected chi connectivity index (χ3v) is 2.03. The molecule has 78 valence electrons. The van der Waals surface area contributed by atoms with Gasteiger partial charge in [0.1, 0.15) is 11.6 Å². The van der Waals surface area contributed by atoms with Gasteiger partial charge < -0.3 is 15.6 Å². The Labute approximate surface area is 82.3 Å². The quantitative estimate of drug-likeness (QED) is 0.769. The monoisotopic (exact) mass is 199 g/mol. The largest absolute Gasteiger partial charge is 0.497 e. The van der Waals surface area contributed by atoms with Gasteiger partial charge in [-0.25, -0.2) is 4.39 Å². The van der Waals surface area contributed by atoms with Crippen LogP contribution >= 0.6 is 0 Å². The average Bonchev–Trinajstić information content (AvgIpc) is 2.15. The van der Waals surface area contributed by atoms with Crippen molar-refractivity contribution in [3.05, 3.63) is 29.6 Å². The Morgan fingerprint density at radius 1 is 1.43 bits per heavy atom. The lowest BCUT2D eigenvalue weighted by Crippen LogP contribution is -2.23. The van der Waals surface area contributed by atoms with Crippen LogP contribution in [0.3, 0.4) is 0 Å². The second-order valence-electron chi connectivity index (χ2n) is 3.19. The molecule has 0 aromatic heterocycles. The Morgan fingerprint density at radius 3 is 2.57 bits per heavy atom. The molecule has 2 atom stereocenters. The molecule has 3 nitrogen and oxygen atoms in total. The predicted molar refractivity (Wildman–Crippen MR) is 51.6 cm³/mol. The normalized spacial score (nSPS) is 14.9. The van der Waals surface area contributed by atoms with Gasteiger partial charge in [0, 0.05) is 6.07 Å². The number of methoxy groups -OCH3 is 1. The number of benzene rings is 1. The Bertz CT molecular complexity index is 315. The molecule has 0 bridgehead atoms. The molecule has 0 amide bonds. The lowest BCUT2D eigenvalue weighted by atomic mass is 10.0. The molecule has 0 aliphatic heterocycles. The number of ether oxygens (including phenoxy) is 1. The molecule has 0 spiro atoms. The average molecular weight is 199 g/mol. The number of hydrogen-bond acceptors (Lipinski definition) is 3. The summed E-state index contributed by atoms with van der Waals surface area (Å²) in [5.74, 6) is -0.0217. The third kappa shape index (κ3) is 2.43. The number of nitrogens with two attached hydrogens (primary N) is 1. The maximum absolute atomic E-state index is 13.0. The van der Waals surface area contributed by atoms with E-state index in [1.807, 2.05) is 0 Å². The maximum Gasteiger partial charge on any atom is 0.127 e. The fourth-order valence-corrected chi connectivity index (χ4v) is 1.17. The van der Waals surface area contributed by atoms with E-state index in [9.17, 15) is 9.50 Å². The van der Waals surface area contributed by atoms with Crippen LogP contribution in [0.25, 0.3) is 0 Å². The van der Waals surface area contributed by atoms with Crippen molar-refractivity contribution in [2.75, 3.05) is 7.11 Å². The highest BCUT2D eigenvalue weighted by Crippen LogP contribution is 2.21. The molecule has 0 saturated carbocycles. The Kier molecular flexibility index (Phi) is 3.43. The van der Waals surface area contributed by atoms with Crippen LogP contribution in [0.4, 0.5) is 4.39 Å². The van der Waals surface area contributed by atoms with Crippen LogP contribution in [0.15, 0.2) is 18.2 Å². The van der Waals surface area contributed by atoms with E-state index in [-0.39, 0.29) is 0 Å². The minimum Gasteiger partial charge on any atom is -0.497 e. The lowest BCUT2D eigenvalue weighted by molar-refractivity contribution is 0.164. The fraction of sp³-hybridized carbons (Fsp3) is 0.400. The summed E-state index contributed by atoms with van der Waals surface area (Å²) >= 11 is 0. The van der Waals surface area contributed by atoms with Gasteiger partial charge in [0.25, 0.3) is 0 Å². The van der Waals surface area contributed by atoms with Crippen molar-refractivity contribution < 1.29 is 14.2 Å². The Morgan fingerprint density at radius 2 is 2.07 bits per heavy atom. The first kappa shape index (κ1) is 10.9. The summed E-state index contributed by atoms with van der Waals surface area (Å²) in [6.45, 7) is 1.56. The molecule has 0 heterocycles. The van der Waals surface area contributed by atoms with Crippen molar-refractivity contribution in [3.8, 4) is 5.75 Å². The molecule has 0 aliphatic carbocycles. The van der Waals surface area contributed by atoms with Crippen LogP contribution in [0.5, 0.6) is 5.75 Å². The number of halogens is 1. The van der Waals surface area contributed by atoms with E-state index in [1.54, 1.807) is 13.0 Å². The standard InChI is InChI=1S/C10H14FNO2/c1-6(13)10(12)7-3-8(11)5-9(4-7)14-2/h3-6,10,13H,12H2,1-2H3/t6-,10-/m0/s1. The van der Waals surface area contributed by atoms with E-state index < -0.39 is 18.0 Å². The first-order valence-electron chi connectivity index (χ1n) is 4.32. The zero-order valence-corrected chi connectivity index (χ0v) is 8.20. The first-order valence-corrected chi connectivity index (χ1v) is 4.32. The minimum atomic E-state index is -0.721. The van der Waals surface area contributed by atoms with Gasteiger partial charge in [-0.1, -0.05) is 0 Å². The summed E-state index contributed by atoms with van der Waals surface area (Å²) in [5.41, 5.74) is 6.18. The summed E-state index contributed by atoms with van der Waals surface area (Å²) in [5, 5.41) is 9.24. The van der Waals surface area contributed by atoms with Gasteiger partial charge >= 0.3 is 0 Å². The zero-order valence-electron chi connectivity index (χ0n) is 8.20. The van der Waals surface area contributed by atoms with E-state index in [1.165, 1.54) is 19.2 Å². The summed E-state index contributed by atoms with van der Waals surface area (Å²) in [4.78, 5) is 0. The predicted octanol–water partition coefficient (Wildman–Crippen LogP) is 1.21. The topological polar surface area (TPSA) is 55.5 Å². The molecule has 1 rings (SSSR count). The molecule has 0 unspecified atom stereocenters. The van der Waals surface area contributed by atoms with Crippen LogP contribution in [-0.4, -0.2) is 18.3 Å². The van der Waals surface area contributed by atoms with Crippen LogP contribution in [0, 0.1) is 5.82 Å². The fourth-order valence-electron chi connectivity index (χ4n) is 1.17. The van der Waals surface area contributed by atoms with E-state index in [2.05, 4.69) is 0 Å². The van der Waals surface area contributed by atoms with Crippen LogP contribution < -0.4 is 10.5 Å². The van der Waals surface area contributed by atoms with Gasteiger partial charge in [0.15, 0.2) is 0 Å². The van der Waals surface area contributed by atoms with Crippen molar-refractivity contribution >= 4 is 0 Å². The van der Waals surface area contributed by atoms with Gasteiger partial charge in [-0.2, -0.15) is 0 Å². The Hall–Kier alpha value is -1.13. The molecule has 0 aliphatic rings. The highest BCUT2D eigenvalue weighted by atomic mass is 19.1. The molecule has 4 heteroatoms. The van der Waals surface area contributed by atoms with E-state index in [0.717, 1.165) is 0 Å². The van der Waals surface area contributed by atoms with Gasteiger partial charge in [-0.05, 0) is 24.6 Å². The van der Waals surface area contributed by atoms with Crippen LogP contribution in [0.1, 0.15) is 18.5 Å². The number of aliphatic hydroxyl groups excluding tert-OH is 1. The van der Waals surface area contributed by atoms with Crippen molar-refractivity contribution in [2.24, 2.45) is 5.73 Å². The van der Waals surface area contributed by atoms with E-state index >= 15 is 0 Å². The molecular weight excluding hydrogens is 185 g/mol. The van der Waals surface area contributed by atoms with Crippen molar-refractivity contribution in [1.82, 2.24) is 0 Å². The van der Waals surface area contributed by atoms with Gasteiger partial charge in [0.2, 0.25) is 0 Å². The van der Waals surface area contributed by atoms with E-state index in [4.69, 9.17) is 10.5 Å². The van der Waals surface area contributed by atoms with Crippen molar-refractivity contribution in [2.45, 2.75) is 19.1 Å². The van der Waals surface area contributed by atoms with E-state index in [0.29, 0.717) is 11.3 Å². The molecule has 1 aromatic rings. The summed E-state index contributed by atoms with van der Waals surface area (Å²) in [7, 11) is 1.45. The number of hydrogen-bond donors (Lipinski definition) is 2. The molecule has 0 saturated heterocycles. The molecule has 0 fully saturated rings. The molecule has 0 radical (unpaired) electrons. The lowest BCUT2D eigenvalue weighted by Gasteiger charge is -2.15.